The van der Waals surface area contributed by atoms with Crippen LogP contribution in [0.1, 0.15) is 24.8 Å². The summed E-state index contributed by atoms with van der Waals surface area (Å²) in [5, 5.41) is 3.94. The van der Waals surface area contributed by atoms with Crippen molar-refractivity contribution in [3.05, 3.63) is 22.2 Å². The summed E-state index contributed by atoms with van der Waals surface area (Å²) < 4.78 is 11.8. The van der Waals surface area contributed by atoms with Crippen molar-refractivity contribution in [1.29, 1.82) is 0 Å². The largest absolute Gasteiger partial charge is 0.454 e. The van der Waals surface area contributed by atoms with E-state index in [1.54, 1.807) is 0 Å². The number of benzene rings is 1. The van der Waals surface area contributed by atoms with E-state index in [1.165, 1.54) is 5.56 Å². The van der Waals surface area contributed by atoms with Crippen molar-refractivity contribution in [1.82, 2.24) is 5.32 Å². The van der Waals surface area contributed by atoms with E-state index in [4.69, 9.17) is 9.47 Å². The molecule has 2 aliphatic heterocycles. The van der Waals surface area contributed by atoms with Crippen molar-refractivity contribution < 1.29 is 9.47 Å². The van der Waals surface area contributed by atoms with Gasteiger partial charge in [0.25, 0.3) is 0 Å². The third-order valence-electron chi connectivity index (χ3n) is 2.88. The number of fused-ring (bicyclic) bond motifs is 1. The van der Waals surface area contributed by atoms with E-state index < -0.39 is 0 Å². The SMILES string of the molecule is CC1(C)CSC(c2cc(Br)c3c(c2)OCO3)N1. The van der Waals surface area contributed by atoms with Crippen LogP contribution >= 0.6 is 27.7 Å². The predicted molar refractivity (Wildman–Crippen MR) is 72.7 cm³/mol. The lowest BCUT2D eigenvalue weighted by Gasteiger charge is -2.19. The molecule has 0 amide bonds. The number of ether oxygens (including phenoxy) is 2. The molecule has 92 valence electrons. The molecule has 0 bridgehead atoms. The van der Waals surface area contributed by atoms with E-state index in [9.17, 15) is 0 Å². The molecule has 0 radical (unpaired) electrons. The zero-order valence-electron chi connectivity index (χ0n) is 9.75. The smallest absolute Gasteiger partial charge is 0.231 e. The molecular formula is C12H14BrNO2S. The highest BCUT2D eigenvalue weighted by molar-refractivity contribution is 9.10. The highest BCUT2D eigenvalue weighted by Crippen LogP contribution is 2.45. The quantitative estimate of drug-likeness (QED) is 0.861. The number of hydrogen-bond donors (Lipinski definition) is 1. The molecule has 1 fully saturated rings. The maximum absolute atomic E-state index is 5.44. The molecule has 0 aromatic heterocycles. The van der Waals surface area contributed by atoms with Gasteiger partial charge >= 0.3 is 0 Å². The molecule has 2 aliphatic rings. The molecule has 1 saturated heterocycles. The van der Waals surface area contributed by atoms with E-state index >= 15 is 0 Å². The maximum atomic E-state index is 5.44. The van der Waals surface area contributed by atoms with Gasteiger partial charge in [0.05, 0.1) is 9.85 Å². The first-order chi connectivity index (χ1) is 8.05. The highest BCUT2D eigenvalue weighted by atomic mass is 79.9. The zero-order valence-corrected chi connectivity index (χ0v) is 12.2. The van der Waals surface area contributed by atoms with Gasteiger partial charge in [0, 0.05) is 11.3 Å². The highest BCUT2D eigenvalue weighted by Gasteiger charge is 2.32. The summed E-state index contributed by atoms with van der Waals surface area (Å²) in [4.78, 5) is 0. The molecule has 3 nitrogen and oxygen atoms in total. The number of halogens is 1. The van der Waals surface area contributed by atoms with Crippen LogP contribution in [0.15, 0.2) is 16.6 Å². The van der Waals surface area contributed by atoms with Crippen LogP contribution in [0.2, 0.25) is 0 Å². The van der Waals surface area contributed by atoms with Crippen LogP contribution < -0.4 is 14.8 Å². The van der Waals surface area contributed by atoms with Gasteiger partial charge in [0.2, 0.25) is 6.79 Å². The van der Waals surface area contributed by atoms with Gasteiger partial charge in [0.1, 0.15) is 0 Å². The molecule has 17 heavy (non-hydrogen) atoms. The van der Waals surface area contributed by atoms with Gasteiger partial charge in [-0.3, -0.25) is 5.32 Å². The van der Waals surface area contributed by atoms with Crippen LogP contribution in [0.3, 0.4) is 0 Å². The fourth-order valence-electron chi connectivity index (χ4n) is 2.05. The Hall–Kier alpha value is -0.390. The molecule has 0 aliphatic carbocycles. The molecule has 1 aromatic rings. The average molecular weight is 316 g/mol. The molecule has 2 heterocycles. The number of thioether (sulfide) groups is 1. The number of hydrogen-bond acceptors (Lipinski definition) is 4. The van der Waals surface area contributed by atoms with Crippen molar-refractivity contribution in [2.24, 2.45) is 0 Å². The lowest BCUT2D eigenvalue weighted by molar-refractivity contribution is 0.173. The van der Waals surface area contributed by atoms with Crippen molar-refractivity contribution in [3.63, 3.8) is 0 Å². The second-order valence-electron chi connectivity index (χ2n) is 4.96. The van der Waals surface area contributed by atoms with Crippen LogP contribution in [-0.2, 0) is 0 Å². The van der Waals surface area contributed by atoms with Crippen LogP contribution in [-0.4, -0.2) is 18.1 Å². The third-order valence-corrected chi connectivity index (χ3v) is 5.09. The Bertz CT molecular complexity index is 464. The zero-order chi connectivity index (χ0) is 12.0. The van der Waals surface area contributed by atoms with E-state index in [2.05, 4.69) is 47.2 Å². The Balaban J connectivity index is 1.92. The number of nitrogens with one attached hydrogen (secondary N) is 1. The molecule has 1 aromatic carbocycles. The van der Waals surface area contributed by atoms with Crippen LogP contribution in [0.5, 0.6) is 11.5 Å². The van der Waals surface area contributed by atoms with Gasteiger partial charge in [-0.25, -0.2) is 0 Å². The first-order valence-electron chi connectivity index (χ1n) is 5.53. The van der Waals surface area contributed by atoms with Gasteiger partial charge in [-0.15, -0.1) is 11.8 Å². The molecule has 3 rings (SSSR count). The van der Waals surface area contributed by atoms with Crippen molar-refractivity contribution in [2.45, 2.75) is 24.8 Å². The summed E-state index contributed by atoms with van der Waals surface area (Å²) in [6, 6.07) is 4.18. The van der Waals surface area contributed by atoms with Crippen LogP contribution in [0.25, 0.3) is 0 Å². The standard InChI is InChI=1S/C12H14BrNO2S/c1-12(2)5-17-11(14-12)7-3-8(13)10-9(4-7)15-6-16-10/h3-4,11,14H,5-6H2,1-2H3. The van der Waals surface area contributed by atoms with Gasteiger partial charge < -0.3 is 9.47 Å². The third kappa shape index (κ3) is 2.16. The minimum absolute atomic E-state index is 0.193. The molecule has 0 spiro atoms. The Kier molecular flexibility index (Phi) is 2.80. The molecule has 0 saturated carbocycles. The van der Waals surface area contributed by atoms with Crippen molar-refractivity contribution in [2.75, 3.05) is 12.5 Å². The Morgan fingerprint density at radius 1 is 1.41 bits per heavy atom. The summed E-state index contributed by atoms with van der Waals surface area (Å²) in [6.07, 6.45) is 0. The normalized spacial score (nSPS) is 25.2. The summed E-state index contributed by atoms with van der Waals surface area (Å²) in [7, 11) is 0. The lowest BCUT2D eigenvalue weighted by atomic mass is 10.1. The van der Waals surface area contributed by atoms with E-state index in [-0.39, 0.29) is 5.54 Å². The second kappa shape index (κ2) is 4.07. The minimum Gasteiger partial charge on any atom is -0.454 e. The predicted octanol–water partition coefficient (Wildman–Crippen LogP) is 3.29. The Morgan fingerprint density at radius 2 is 2.24 bits per heavy atom. The van der Waals surface area contributed by atoms with Gasteiger partial charge in [0.15, 0.2) is 11.5 Å². The van der Waals surface area contributed by atoms with Gasteiger partial charge in [-0.05, 0) is 47.5 Å². The van der Waals surface area contributed by atoms with E-state index in [0.29, 0.717) is 12.2 Å². The summed E-state index contributed by atoms with van der Waals surface area (Å²) in [5.41, 5.74) is 1.43. The van der Waals surface area contributed by atoms with Gasteiger partial charge in [-0.1, -0.05) is 0 Å². The summed E-state index contributed by atoms with van der Waals surface area (Å²) in [5.74, 6) is 2.77. The van der Waals surface area contributed by atoms with Gasteiger partial charge in [-0.2, -0.15) is 0 Å². The van der Waals surface area contributed by atoms with Crippen LogP contribution in [0.4, 0.5) is 0 Å². The topological polar surface area (TPSA) is 30.5 Å². The average Bonchev–Trinajstić information content (AvgIpc) is 2.84. The Labute approximate surface area is 113 Å². The molecule has 5 heteroatoms. The van der Waals surface area contributed by atoms with E-state index in [1.807, 2.05) is 11.8 Å². The monoisotopic (exact) mass is 315 g/mol. The maximum Gasteiger partial charge on any atom is 0.231 e. The van der Waals surface area contributed by atoms with Crippen molar-refractivity contribution in [3.8, 4) is 11.5 Å². The fraction of sp³-hybridized carbons (Fsp3) is 0.500. The lowest BCUT2D eigenvalue weighted by Crippen LogP contribution is -2.35. The first kappa shape index (κ1) is 11.7. The van der Waals surface area contributed by atoms with E-state index in [0.717, 1.165) is 21.7 Å². The summed E-state index contributed by atoms with van der Waals surface area (Å²) >= 11 is 5.46. The minimum atomic E-state index is 0.193. The molecule has 1 atom stereocenters. The second-order valence-corrected chi connectivity index (χ2v) is 6.90. The number of rotatable bonds is 1. The Morgan fingerprint density at radius 3 is 2.94 bits per heavy atom. The van der Waals surface area contributed by atoms with Crippen LogP contribution in [0, 0.1) is 0 Å². The van der Waals surface area contributed by atoms with Crippen molar-refractivity contribution >= 4 is 27.7 Å². The fourth-order valence-corrected chi connectivity index (χ4v) is 4.02. The molecule has 1 N–H and O–H groups in total. The first-order valence-corrected chi connectivity index (χ1v) is 7.38. The molecular weight excluding hydrogens is 302 g/mol. The molecule has 1 unspecified atom stereocenters. The summed E-state index contributed by atoms with van der Waals surface area (Å²) in [6.45, 7) is 4.76.